The molecular weight excluding hydrogens is 299 g/mol. The molecule has 18 heavy (non-hydrogen) atoms. The lowest BCUT2D eigenvalue weighted by Crippen LogP contribution is -1.97. The van der Waals surface area contributed by atoms with E-state index in [1.54, 1.807) is 18.2 Å². The Kier molecular flexibility index (Phi) is 4.11. The summed E-state index contributed by atoms with van der Waals surface area (Å²) in [5.41, 5.74) is 0.552. The minimum Gasteiger partial charge on any atom is -0.481 e. The summed E-state index contributed by atoms with van der Waals surface area (Å²) in [5.74, 6) is -0.871. The van der Waals surface area contributed by atoms with Gasteiger partial charge < -0.3 is 9.52 Å². The van der Waals surface area contributed by atoms with Crippen molar-refractivity contribution < 1.29 is 14.3 Å². The van der Waals surface area contributed by atoms with Gasteiger partial charge in [0.05, 0.1) is 10.6 Å². The summed E-state index contributed by atoms with van der Waals surface area (Å²) in [6, 6.07) is 4.87. The fourth-order valence-electron chi connectivity index (χ4n) is 1.16. The SMILES string of the molecule is O=C(O)CSc1nnc(-c2ccc(Cl)cc2Cl)o1. The van der Waals surface area contributed by atoms with Crippen molar-refractivity contribution in [2.45, 2.75) is 5.22 Å². The molecule has 2 rings (SSSR count). The molecule has 1 heterocycles. The zero-order chi connectivity index (χ0) is 13.1. The Morgan fingerprint density at radius 1 is 1.39 bits per heavy atom. The molecule has 1 N–H and O–H groups in total. The third-order valence-electron chi connectivity index (χ3n) is 1.89. The van der Waals surface area contributed by atoms with Crippen molar-refractivity contribution in [2.24, 2.45) is 0 Å². The van der Waals surface area contributed by atoms with E-state index >= 15 is 0 Å². The van der Waals surface area contributed by atoms with Gasteiger partial charge in [-0.3, -0.25) is 4.79 Å². The lowest BCUT2D eigenvalue weighted by atomic mass is 10.2. The molecule has 0 bridgehead atoms. The van der Waals surface area contributed by atoms with E-state index in [0.717, 1.165) is 11.8 Å². The van der Waals surface area contributed by atoms with E-state index in [1.807, 2.05) is 0 Å². The summed E-state index contributed by atoms with van der Waals surface area (Å²) in [6.45, 7) is 0. The van der Waals surface area contributed by atoms with Gasteiger partial charge in [-0.1, -0.05) is 35.0 Å². The molecule has 0 spiro atoms. The first-order valence-electron chi connectivity index (χ1n) is 4.70. The summed E-state index contributed by atoms with van der Waals surface area (Å²) in [7, 11) is 0. The molecule has 1 aromatic carbocycles. The Morgan fingerprint density at radius 2 is 2.17 bits per heavy atom. The molecule has 0 aliphatic carbocycles. The van der Waals surface area contributed by atoms with Crippen LogP contribution >= 0.6 is 35.0 Å². The smallest absolute Gasteiger partial charge is 0.314 e. The second-order valence-electron chi connectivity index (χ2n) is 3.18. The average molecular weight is 305 g/mol. The van der Waals surface area contributed by atoms with Gasteiger partial charge in [0.2, 0.25) is 5.89 Å². The highest BCUT2D eigenvalue weighted by molar-refractivity contribution is 7.99. The Labute approximate surface area is 116 Å². The maximum atomic E-state index is 10.4. The van der Waals surface area contributed by atoms with Gasteiger partial charge in [-0.05, 0) is 18.2 Å². The molecule has 0 unspecified atom stereocenters. The van der Waals surface area contributed by atoms with Crippen LogP contribution < -0.4 is 0 Å². The second kappa shape index (κ2) is 5.60. The van der Waals surface area contributed by atoms with Crippen LogP contribution in [-0.4, -0.2) is 27.0 Å². The summed E-state index contributed by atoms with van der Waals surface area (Å²) >= 11 is 12.7. The minimum atomic E-state index is -0.954. The average Bonchev–Trinajstić information content (AvgIpc) is 2.75. The number of hydrogen-bond donors (Lipinski definition) is 1. The molecule has 2 aromatic rings. The van der Waals surface area contributed by atoms with E-state index in [2.05, 4.69) is 10.2 Å². The van der Waals surface area contributed by atoms with Crippen molar-refractivity contribution in [3.05, 3.63) is 28.2 Å². The van der Waals surface area contributed by atoms with Crippen LogP contribution in [0.1, 0.15) is 0 Å². The first-order valence-corrected chi connectivity index (χ1v) is 6.44. The Balaban J connectivity index is 2.21. The number of benzene rings is 1. The topological polar surface area (TPSA) is 76.2 Å². The van der Waals surface area contributed by atoms with Crippen LogP contribution in [0.25, 0.3) is 11.5 Å². The number of carboxylic acid groups (broad SMARTS) is 1. The fraction of sp³-hybridized carbons (Fsp3) is 0.100. The van der Waals surface area contributed by atoms with Crippen LogP contribution in [0.3, 0.4) is 0 Å². The molecule has 0 radical (unpaired) electrons. The highest BCUT2D eigenvalue weighted by Gasteiger charge is 2.13. The van der Waals surface area contributed by atoms with Crippen LogP contribution in [0.4, 0.5) is 0 Å². The van der Waals surface area contributed by atoms with Gasteiger partial charge in [-0.2, -0.15) is 0 Å². The van der Waals surface area contributed by atoms with Crippen molar-refractivity contribution in [2.75, 3.05) is 5.75 Å². The Hall–Kier alpha value is -1.24. The number of aromatic nitrogens is 2. The standard InChI is InChI=1S/C10H6Cl2N2O3S/c11-5-1-2-6(7(12)3-5)9-13-14-10(17-9)18-4-8(15)16/h1-3H,4H2,(H,15,16). The zero-order valence-corrected chi connectivity index (χ0v) is 11.1. The van der Waals surface area contributed by atoms with Crippen LogP contribution in [0.15, 0.2) is 27.8 Å². The van der Waals surface area contributed by atoms with E-state index in [4.69, 9.17) is 32.7 Å². The van der Waals surface area contributed by atoms with Crippen molar-refractivity contribution in [1.29, 1.82) is 0 Å². The number of hydrogen-bond acceptors (Lipinski definition) is 5. The van der Waals surface area contributed by atoms with Gasteiger partial charge in [-0.25, -0.2) is 0 Å². The Morgan fingerprint density at radius 3 is 2.83 bits per heavy atom. The summed E-state index contributed by atoms with van der Waals surface area (Å²) in [6.07, 6.45) is 0. The highest BCUT2D eigenvalue weighted by Crippen LogP contribution is 2.30. The molecule has 0 fully saturated rings. The number of halogens is 2. The largest absolute Gasteiger partial charge is 0.481 e. The highest BCUT2D eigenvalue weighted by atomic mass is 35.5. The third kappa shape index (κ3) is 3.16. The molecule has 94 valence electrons. The van der Waals surface area contributed by atoms with Gasteiger partial charge in [-0.15, -0.1) is 10.2 Å². The lowest BCUT2D eigenvalue weighted by molar-refractivity contribution is -0.133. The lowest BCUT2D eigenvalue weighted by Gasteiger charge is -1.98. The monoisotopic (exact) mass is 304 g/mol. The van der Waals surface area contributed by atoms with Gasteiger partial charge in [0, 0.05) is 5.02 Å². The number of carboxylic acids is 1. The molecule has 0 atom stereocenters. The van der Waals surface area contributed by atoms with Gasteiger partial charge in [0.15, 0.2) is 0 Å². The first kappa shape index (κ1) is 13.2. The number of rotatable bonds is 4. The normalized spacial score (nSPS) is 10.6. The van der Waals surface area contributed by atoms with E-state index in [-0.39, 0.29) is 16.9 Å². The number of thioether (sulfide) groups is 1. The van der Waals surface area contributed by atoms with E-state index in [1.165, 1.54) is 0 Å². The zero-order valence-electron chi connectivity index (χ0n) is 8.76. The molecule has 5 nitrogen and oxygen atoms in total. The molecule has 0 saturated heterocycles. The first-order chi connectivity index (χ1) is 8.56. The minimum absolute atomic E-state index is 0.143. The quantitative estimate of drug-likeness (QED) is 0.874. The van der Waals surface area contributed by atoms with Crippen molar-refractivity contribution >= 4 is 40.9 Å². The number of carbonyl (C=O) groups is 1. The molecular formula is C10H6Cl2N2O3S. The fourth-order valence-corrected chi connectivity index (χ4v) is 2.14. The summed E-state index contributed by atoms with van der Waals surface area (Å²) in [5, 5.41) is 17.1. The number of nitrogens with zero attached hydrogens (tertiary/aromatic N) is 2. The molecule has 0 aliphatic heterocycles. The van der Waals surface area contributed by atoms with Crippen LogP contribution in [0.5, 0.6) is 0 Å². The summed E-state index contributed by atoms with van der Waals surface area (Å²) in [4.78, 5) is 10.4. The third-order valence-corrected chi connectivity index (χ3v) is 3.24. The van der Waals surface area contributed by atoms with Crippen molar-refractivity contribution in [1.82, 2.24) is 10.2 Å². The summed E-state index contributed by atoms with van der Waals surface area (Å²) < 4.78 is 5.29. The van der Waals surface area contributed by atoms with Crippen molar-refractivity contribution in [3.8, 4) is 11.5 Å². The molecule has 0 aliphatic rings. The predicted octanol–water partition coefficient (Wildman–Crippen LogP) is 3.22. The predicted molar refractivity (Wildman–Crippen MR) is 68.1 cm³/mol. The maximum Gasteiger partial charge on any atom is 0.314 e. The maximum absolute atomic E-state index is 10.4. The van der Waals surface area contributed by atoms with Crippen LogP contribution in [-0.2, 0) is 4.79 Å². The molecule has 1 aromatic heterocycles. The van der Waals surface area contributed by atoms with Crippen molar-refractivity contribution in [3.63, 3.8) is 0 Å². The van der Waals surface area contributed by atoms with Gasteiger partial charge in [0.1, 0.15) is 5.75 Å². The van der Waals surface area contributed by atoms with E-state index in [9.17, 15) is 4.79 Å². The van der Waals surface area contributed by atoms with Crippen LogP contribution in [0.2, 0.25) is 10.0 Å². The van der Waals surface area contributed by atoms with E-state index in [0.29, 0.717) is 15.6 Å². The van der Waals surface area contributed by atoms with Crippen LogP contribution in [0, 0.1) is 0 Å². The van der Waals surface area contributed by atoms with E-state index < -0.39 is 5.97 Å². The molecule has 8 heteroatoms. The molecule has 0 saturated carbocycles. The Bertz CT molecular complexity index is 588. The van der Waals surface area contributed by atoms with Gasteiger partial charge >= 0.3 is 5.97 Å². The molecule has 0 amide bonds. The number of aliphatic carboxylic acids is 1. The van der Waals surface area contributed by atoms with Gasteiger partial charge in [0.25, 0.3) is 5.22 Å². The second-order valence-corrected chi connectivity index (χ2v) is 4.95.